The molecule has 3 nitrogen and oxygen atoms in total. The summed E-state index contributed by atoms with van der Waals surface area (Å²) in [5.41, 5.74) is 1.88. The van der Waals surface area contributed by atoms with Crippen LogP contribution in [0.5, 0.6) is 0 Å². The van der Waals surface area contributed by atoms with E-state index >= 15 is 0 Å². The molecule has 4 heteroatoms. The SMILES string of the molecule is Cc1c(I)cccc1C(=O)N1CCOCC1. The molecule has 86 valence electrons. The second-order valence-electron chi connectivity index (χ2n) is 3.82. The molecule has 1 aliphatic heterocycles. The second-order valence-corrected chi connectivity index (χ2v) is 4.98. The van der Waals surface area contributed by atoms with Crippen molar-refractivity contribution in [3.8, 4) is 0 Å². The predicted molar refractivity (Wildman–Crippen MR) is 70.6 cm³/mol. The molecule has 0 radical (unpaired) electrons. The van der Waals surface area contributed by atoms with Crippen LogP contribution in [0.4, 0.5) is 0 Å². The first-order valence-corrected chi connectivity index (χ1v) is 6.40. The topological polar surface area (TPSA) is 29.5 Å². The van der Waals surface area contributed by atoms with E-state index in [0.29, 0.717) is 26.3 Å². The van der Waals surface area contributed by atoms with Crippen molar-refractivity contribution in [3.05, 3.63) is 32.9 Å². The summed E-state index contributed by atoms with van der Waals surface area (Å²) in [4.78, 5) is 14.1. The van der Waals surface area contributed by atoms with Crippen molar-refractivity contribution in [2.45, 2.75) is 6.92 Å². The fourth-order valence-electron chi connectivity index (χ4n) is 1.78. The van der Waals surface area contributed by atoms with Gasteiger partial charge in [-0.25, -0.2) is 0 Å². The fourth-order valence-corrected chi connectivity index (χ4v) is 2.27. The lowest BCUT2D eigenvalue weighted by molar-refractivity contribution is 0.0302. The maximum Gasteiger partial charge on any atom is 0.254 e. The molecule has 0 saturated carbocycles. The van der Waals surface area contributed by atoms with Gasteiger partial charge < -0.3 is 9.64 Å². The molecule has 0 spiro atoms. The van der Waals surface area contributed by atoms with Crippen LogP contribution in [0.25, 0.3) is 0 Å². The maximum atomic E-state index is 12.2. The lowest BCUT2D eigenvalue weighted by Crippen LogP contribution is -2.41. The predicted octanol–water partition coefficient (Wildman–Crippen LogP) is 2.07. The van der Waals surface area contributed by atoms with E-state index in [2.05, 4.69) is 22.6 Å². The zero-order chi connectivity index (χ0) is 11.5. The summed E-state index contributed by atoms with van der Waals surface area (Å²) < 4.78 is 6.38. The molecule has 1 aromatic rings. The Hall–Kier alpha value is -0.620. The number of carbonyl (C=O) groups excluding carboxylic acids is 1. The number of rotatable bonds is 1. The van der Waals surface area contributed by atoms with Crippen LogP contribution in [0.3, 0.4) is 0 Å². The first kappa shape index (κ1) is 11.9. The van der Waals surface area contributed by atoms with Gasteiger partial charge in [0, 0.05) is 22.2 Å². The first-order valence-electron chi connectivity index (χ1n) is 5.32. The molecule has 16 heavy (non-hydrogen) atoms. The van der Waals surface area contributed by atoms with E-state index in [4.69, 9.17) is 4.74 Å². The lowest BCUT2D eigenvalue weighted by atomic mass is 10.1. The van der Waals surface area contributed by atoms with Gasteiger partial charge in [0.15, 0.2) is 0 Å². The van der Waals surface area contributed by atoms with Gasteiger partial charge in [0.05, 0.1) is 13.2 Å². The summed E-state index contributed by atoms with van der Waals surface area (Å²) in [6, 6.07) is 5.85. The number of ether oxygens (including phenoxy) is 1. The molecule has 2 rings (SSSR count). The molecule has 0 unspecified atom stereocenters. The molecular formula is C12H14INO2. The quantitative estimate of drug-likeness (QED) is 0.738. The molecule has 0 aliphatic carbocycles. The summed E-state index contributed by atoms with van der Waals surface area (Å²) in [7, 11) is 0. The van der Waals surface area contributed by atoms with Gasteiger partial charge in [-0.2, -0.15) is 0 Å². The Morgan fingerprint density at radius 1 is 1.38 bits per heavy atom. The zero-order valence-corrected chi connectivity index (χ0v) is 11.4. The number of hydrogen-bond acceptors (Lipinski definition) is 2. The Balaban J connectivity index is 2.22. The highest BCUT2D eigenvalue weighted by atomic mass is 127. The minimum Gasteiger partial charge on any atom is -0.378 e. The molecule has 1 amide bonds. The highest BCUT2D eigenvalue weighted by Gasteiger charge is 2.20. The molecule has 1 heterocycles. The van der Waals surface area contributed by atoms with Gasteiger partial charge in [-0.3, -0.25) is 4.79 Å². The van der Waals surface area contributed by atoms with Crippen molar-refractivity contribution >= 4 is 28.5 Å². The third kappa shape index (κ3) is 2.38. The Bertz CT molecular complexity index is 400. The van der Waals surface area contributed by atoms with E-state index < -0.39 is 0 Å². The van der Waals surface area contributed by atoms with Gasteiger partial charge in [0.2, 0.25) is 0 Å². The van der Waals surface area contributed by atoms with E-state index in [1.807, 2.05) is 30.0 Å². The van der Waals surface area contributed by atoms with Crippen molar-refractivity contribution < 1.29 is 9.53 Å². The minimum atomic E-state index is 0.124. The zero-order valence-electron chi connectivity index (χ0n) is 9.20. The Morgan fingerprint density at radius 2 is 2.06 bits per heavy atom. The van der Waals surface area contributed by atoms with Crippen LogP contribution >= 0.6 is 22.6 Å². The van der Waals surface area contributed by atoms with Crippen molar-refractivity contribution in [3.63, 3.8) is 0 Å². The van der Waals surface area contributed by atoms with Crippen LogP contribution in [-0.2, 0) is 4.74 Å². The fraction of sp³-hybridized carbons (Fsp3) is 0.417. The summed E-state index contributed by atoms with van der Waals surface area (Å²) in [6.07, 6.45) is 0. The van der Waals surface area contributed by atoms with Gasteiger partial charge in [-0.1, -0.05) is 6.07 Å². The number of nitrogens with zero attached hydrogens (tertiary/aromatic N) is 1. The van der Waals surface area contributed by atoms with Gasteiger partial charge in [0.1, 0.15) is 0 Å². The smallest absolute Gasteiger partial charge is 0.254 e. The van der Waals surface area contributed by atoms with Gasteiger partial charge >= 0.3 is 0 Å². The molecule has 0 N–H and O–H groups in total. The van der Waals surface area contributed by atoms with E-state index in [-0.39, 0.29) is 5.91 Å². The minimum absolute atomic E-state index is 0.124. The van der Waals surface area contributed by atoms with Crippen LogP contribution in [0.15, 0.2) is 18.2 Å². The number of hydrogen-bond donors (Lipinski definition) is 0. The van der Waals surface area contributed by atoms with Crippen molar-refractivity contribution in [2.75, 3.05) is 26.3 Å². The summed E-state index contributed by atoms with van der Waals surface area (Å²) in [6.45, 7) is 4.69. The third-order valence-electron chi connectivity index (χ3n) is 2.80. The van der Waals surface area contributed by atoms with Crippen LogP contribution in [0.2, 0.25) is 0 Å². The van der Waals surface area contributed by atoms with Crippen molar-refractivity contribution in [2.24, 2.45) is 0 Å². The third-order valence-corrected chi connectivity index (χ3v) is 3.97. The molecule has 0 aromatic heterocycles. The number of benzene rings is 1. The molecule has 0 bridgehead atoms. The number of amides is 1. The van der Waals surface area contributed by atoms with Gasteiger partial charge in [-0.05, 0) is 47.2 Å². The molecule has 1 aliphatic rings. The van der Waals surface area contributed by atoms with Gasteiger partial charge in [-0.15, -0.1) is 0 Å². The highest BCUT2D eigenvalue weighted by Crippen LogP contribution is 2.18. The maximum absolute atomic E-state index is 12.2. The highest BCUT2D eigenvalue weighted by molar-refractivity contribution is 14.1. The monoisotopic (exact) mass is 331 g/mol. The molecule has 1 aromatic carbocycles. The second kappa shape index (κ2) is 5.14. The van der Waals surface area contributed by atoms with Crippen LogP contribution in [0.1, 0.15) is 15.9 Å². The molecule has 1 fully saturated rings. The lowest BCUT2D eigenvalue weighted by Gasteiger charge is -2.27. The normalized spacial score (nSPS) is 16.2. The standard InChI is InChI=1S/C12H14INO2/c1-9-10(3-2-4-11(9)13)12(15)14-5-7-16-8-6-14/h2-4H,5-8H2,1H3. The Morgan fingerprint density at radius 3 is 2.75 bits per heavy atom. The van der Waals surface area contributed by atoms with Crippen LogP contribution in [0, 0.1) is 10.5 Å². The Kier molecular flexibility index (Phi) is 3.81. The largest absolute Gasteiger partial charge is 0.378 e. The molecular weight excluding hydrogens is 317 g/mol. The van der Waals surface area contributed by atoms with E-state index in [0.717, 1.165) is 14.7 Å². The number of carbonyl (C=O) groups is 1. The van der Waals surface area contributed by atoms with E-state index in [1.54, 1.807) is 0 Å². The number of morpholine rings is 1. The molecule has 0 atom stereocenters. The van der Waals surface area contributed by atoms with Gasteiger partial charge in [0.25, 0.3) is 5.91 Å². The molecule has 1 saturated heterocycles. The first-order chi connectivity index (χ1) is 7.70. The van der Waals surface area contributed by atoms with E-state index in [9.17, 15) is 4.79 Å². The Labute approximate surface area is 109 Å². The summed E-state index contributed by atoms with van der Waals surface area (Å²) in [5, 5.41) is 0. The average Bonchev–Trinajstić information content (AvgIpc) is 2.33. The van der Waals surface area contributed by atoms with E-state index in [1.165, 1.54) is 0 Å². The summed E-state index contributed by atoms with van der Waals surface area (Å²) >= 11 is 2.26. The van der Waals surface area contributed by atoms with Crippen LogP contribution in [-0.4, -0.2) is 37.1 Å². The van der Waals surface area contributed by atoms with Crippen LogP contribution < -0.4 is 0 Å². The van der Waals surface area contributed by atoms with Crippen molar-refractivity contribution in [1.29, 1.82) is 0 Å². The van der Waals surface area contributed by atoms with Crippen molar-refractivity contribution in [1.82, 2.24) is 4.90 Å². The number of halogens is 1. The average molecular weight is 331 g/mol. The summed E-state index contributed by atoms with van der Waals surface area (Å²) in [5.74, 6) is 0.124.